The van der Waals surface area contributed by atoms with Crippen LogP contribution in [0, 0.1) is 0 Å². The fraction of sp³-hybridized carbons (Fsp3) is 0.500. The van der Waals surface area contributed by atoms with Crippen molar-refractivity contribution in [3.8, 4) is 5.75 Å². The molecule has 1 unspecified atom stereocenters. The van der Waals surface area contributed by atoms with Gasteiger partial charge in [-0.3, -0.25) is 0 Å². The molecule has 0 aliphatic rings. The lowest BCUT2D eigenvalue weighted by Gasteiger charge is -2.14. The van der Waals surface area contributed by atoms with Crippen molar-refractivity contribution in [2.24, 2.45) is 0 Å². The highest BCUT2D eigenvalue weighted by Crippen LogP contribution is 2.24. The first-order valence-corrected chi connectivity index (χ1v) is 5.21. The van der Waals surface area contributed by atoms with E-state index in [4.69, 9.17) is 9.47 Å². The van der Waals surface area contributed by atoms with Crippen molar-refractivity contribution >= 4 is 0 Å². The van der Waals surface area contributed by atoms with Gasteiger partial charge in [0.25, 0.3) is 0 Å². The Morgan fingerprint density at radius 3 is 2.69 bits per heavy atom. The number of aliphatic hydroxyl groups excluding tert-OH is 1. The minimum absolute atomic E-state index is 0.506. The molecule has 1 atom stereocenters. The van der Waals surface area contributed by atoms with Gasteiger partial charge in [-0.25, -0.2) is 0 Å². The minimum Gasteiger partial charge on any atom is -0.496 e. The van der Waals surface area contributed by atoms with Crippen LogP contribution >= 0.6 is 0 Å². The summed E-state index contributed by atoms with van der Waals surface area (Å²) in [7, 11) is 5.06. The van der Waals surface area contributed by atoms with Crippen molar-refractivity contribution in [2.45, 2.75) is 12.7 Å². The highest BCUT2D eigenvalue weighted by molar-refractivity contribution is 5.38. The van der Waals surface area contributed by atoms with Crippen LogP contribution < -0.4 is 10.1 Å². The lowest BCUT2D eigenvalue weighted by atomic mass is 10.1. The standard InChI is InChI=1S/C12H19NO3/c1-13-7-11(14)9-4-5-10(8-15-2)12(6-9)16-3/h4-6,11,13-14H,7-8H2,1-3H3. The third-order valence-corrected chi connectivity index (χ3v) is 2.39. The number of methoxy groups -OCH3 is 2. The van der Waals surface area contributed by atoms with Gasteiger partial charge in [-0.15, -0.1) is 0 Å². The molecular formula is C12H19NO3. The van der Waals surface area contributed by atoms with Gasteiger partial charge in [0.05, 0.1) is 19.8 Å². The van der Waals surface area contributed by atoms with Gasteiger partial charge >= 0.3 is 0 Å². The smallest absolute Gasteiger partial charge is 0.124 e. The van der Waals surface area contributed by atoms with Gasteiger partial charge < -0.3 is 19.9 Å². The molecule has 1 rings (SSSR count). The van der Waals surface area contributed by atoms with E-state index >= 15 is 0 Å². The molecule has 4 nitrogen and oxygen atoms in total. The maximum absolute atomic E-state index is 9.81. The largest absolute Gasteiger partial charge is 0.496 e. The van der Waals surface area contributed by atoms with E-state index in [0.717, 1.165) is 16.9 Å². The van der Waals surface area contributed by atoms with Gasteiger partial charge in [0, 0.05) is 19.2 Å². The van der Waals surface area contributed by atoms with Crippen molar-refractivity contribution < 1.29 is 14.6 Å². The van der Waals surface area contributed by atoms with Crippen LogP contribution in [0.15, 0.2) is 18.2 Å². The number of ether oxygens (including phenoxy) is 2. The third kappa shape index (κ3) is 3.20. The molecule has 0 aliphatic carbocycles. The summed E-state index contributed by atoms with van der Waals surface area (Å²) in [6, 6.07) is 5.64. The lowest BCUT2D eigenvalue weighted by molar-refractivity contribution is 0.175. The highest BCUT2D eigenvalue weighted by atomic mass is 16.5. The van der Waals surface area contributed by atoms with Crippen LogP contribution in [0.4, 0.5) is 0 Å². The number of aliphatic hydroxyl groups is 1. The van der Waals surface area contributed by atoms with Gasteiger partial charge in [-0.2, -0.15) is 0 Å². The van der Waals surface area contributed by atoms with Gasteiger partial charge in [0.1, 0.15) is 5.75 Å². The Morgan fingerprint density at radius 1 is 1.38 bits per heavy atom. The molecule has 0 radical (unpaired) electrons. The molecule has 0 bridgehead atoms. The summed E-state index contributed by atoms with van der Waals surface area (Å²) in [6.45, 7) is 1.03. The fourth-order valence-electron chi connectivity index (χ4n) is 1.55. The van der Waals surface area contributed by atoms with E-state index in [2.05, 4.69) is 5.32 Å². The molecule has 16 heavy (non-hydrogen) atoms. The average Bonchev–Trinajstić information content (AvgIpc) is 2.30. The summed E-state index contributed by atoms with van der Waals surface area (Å²) in [5, 5.41) is 12.7. The van der Waals surface area contributed by atoms with Gasteiger partial charge in [0.2, 0.25) is 0 Å². The van der Waals surface area contributed by atoms with Gasteiger partial charge in [-0.05, 0) is 18.7 Å². The predicted molar refractivity (Wildman–Crippen MR) is 62.6 cm³/mol. The molecule has 0 spiro atoms. The van der Waals surface area contributed by atoms with Gasteiger partial charge in [0.15, 0.2) is 0 Å². The molecule has 0 saturated carbocycles. The number of hydrogen-bond donors (Lipinski definition) is 2. The Labute approximate surface area is 96.2 Å². The molecule has 0 saturated heterocycles. The quantitative estimate of drug-likeness (QED) is 0.761. The zero-order chi connectivity index (χ0) is 12.0. The minimum atomic E-state index is -0.518. The molecule has 90 valence electrons. The number of rotatable bonds is 6. The highest BCUT2D eigenvalue weighted by Gasteiger charge is 2.10. The Balaban J connectivity index is 2.89. The van der Waals surface area contributed by atoms with E-state index in [-0.39, 0.29) is 0 Å². The molecule has 0 amide bonds. The summed E-state index contributed by atoms with van der Waals surface area (Å²) in [6.07, 6.45) is -0.518. The predicted octanol–water partition coefficient (Wildman–Crippen LogP) is 1.09. The second-order valence-electron chi connectivity index (χ2n) is 3.58. The summed E-state index contributed by atoms with van der Waals surface area (Å²) < 4.78 is 10.3. The first-order chi connectivity index (χ1) is 7.72. The van der Waals surface area contributed by atoms with E-state index < -0.39 is 6.10 Å². The maximum atomic E-state index is 9.81. The average molecular weight is 225 g/mol. The van der Waals surface area contributed by atoms with Crippen LogP contribution in [-0.2, 0) is 11.3 Å². The van der Waals surface area contributed by atoms with Crippen LogP contribution in [0.3, 0.4) is 0 Å². The molecule has 0 aliphatic heterocycles. The summed E-state index contributed by atoms with van der Waals surface area (Å²) in [5.41, 5.74) is 1.82. The second kappa shape index (κ2) is 6.48. The first kappa shape index (κ1) is 13.0. The molecular weight excluding hydrogens is 206 g/mol. The SMILES string of the molecule is CNCC(O)c1ccc(COC)c(OC)c1. The van der Waals surface area contributed by atoms with Crippen molar-refractivity contribution in [2.75, 3.05) is 27.8 Å². The molecule has 4 heteroatoms. The maximum Gasteiger partial charge on any atom is 0.124 e. The zero-order valence-electron chi connectivity index (χ0n) is 9.99. The number of nitrogens with one attached hydrogen (secondary N) is 1. The lowest BCUT2D eigenvalue weighted by Crippen LogP contribution is -2.16. The summed E-state index contributed by atoms with van der Waals surface area (Å²) >= 11 is 0. The first-order valence-electron chi connectivity index (χ1n) is 5.21. The number of likely N-dealkylation sites (N-methyl/N-ethyl adjacent to an activating group) is 1. The molecule has 0 heterocycles. The van der Waals surface area contributed by atoms with E-state index in [1.807, 2.05) is 18.2 Å². The second-order valence-corrected chi connectivity index (χ2v) is 3.58. The van der Waals surface area contributed by atoms with Crippen LogP contribution in [0.5, 0.6) is 5.75 Å². The van der Waals surface area contributed by atoms with Crippen LogP contribution in [-0.4, -0.2) is 32.9 Å². The third-order valence-electron chi connectivity index (χ3n) is 2.39. The van der Waals surface area contributed by atoms with Crippen LogP contribution in [0.25, 0.3) is 0 Å². The van der Waals surface area contributed by atoms with E-state index in [1.165, 1.54) is 0 Å². The molecule has 2 N–H and O–H groups in total. The molecule has 1 aromatic rings. The van der Waals surface area contributed by atoms with Crippen molar-refractivity contribution in [3.05, 3.63) is 29.3 Å². The van der Waals surface area contributed by atoms with Gasteiger partial charge in [-0.1, -0.05) is 12.1 Å². The fourth-order valence-corrected chi connectivity index (χ4v) is 1.55. The van der Waals surface area contributed by atoms with Crippen molar-refractivity contribution in [1.29, 1.82) is 0 Å². The number of benzene rings is 1. The van der Waals surface area contributed by atoms with Crippen molar-refractivity contribution in [3.63, 3.8) is 0 Å². The zero-order valence-corrected chi connectivity index (χ0v) is 9.99. The van der Waals surface area contributed by atoms with E-state index in [0.29, 0.717) is 13.2 Å². The van der Waals surface area contributed by atoms with E-state index in [9.17, 15) is 5.11 Å². The Morgan fingerprint density at radius 2 is 2.12 bits per heavy atom. The molecule has 0 aromatic heterocycles. The van der Waals surface area contributed by atoms with Crippen LogP contribution in [0.2, 0.25) is 0 Å². The summed E-state index contributed by atoms with van der Waals surface area (Å²) in [5.74, 6) is 0.745. The summed E-state index contributed by atoms with van der Waals surface area (Å²) in [4.78, 5) is 0. The Kier molecular flexibility index (Phi) is 5.25. The Hall–Kier alpha value is -1.10. The Bertz CT molecular complexity index is 328. The number of hydrogen-bond acceptors (Lipinski definition) is 4. The van der Waals surface area contributed by atoms with Crippen LogP contribution in [0.1, 0.15) is 17.2 Å². The van der Waals surface area contributed by atoms with Crippen molar-refractivity contribution in [1.82, 2.24) is 5.32 Å². The molecule has 1 aromatic carbocycles. The molecule has 0 fully saturated rings. The normalized spacial score (nSPS) is 12.5. The topological polar surface area (TPSA) is 50.7 Å². The van der Waals surface area contributed by atoms with E-state index in [1.54, 1.807) is 21.3 Å². The monoisotopic (exact) mass is 225 g/mol.